The van der Waals surface area contributed by atoms with Gasteiger partial charge in [-0.15, -0.1) is 0 Å². The van der Waals surface area contributed by atoms with Crippen LogP contribution in [0.4, 0.5) is 0 Å². The number of nitrogens with zero attached hydrogens (tertiary/aromatic N) is 1. The highest BCUT2D eigenvalue weighted by molar-refractivity contribution is 5.72. The standard InChI is InChI=1S/C10H15NO2/c12-9-3-4-10(13-9)5-7-11-6-1-2-8(10)11/h8H,1-7H2. The van der Waals surface area contributed by atoms with E-state index < -0.39 is 0 Å². The van der Waals surface area contributed by atoms with E-state index in [0.717, 1.165) is 19.4 Å². The molecule has 3 saturated heterocycles. The smallest absolute Gasteiger partial charge is 0.306 e. The molecule has 0 saturated carbocycles. The van der Waals surface area contributed by atoms with Crippen LogP contribution in [0.1, 0.15) is 32.1 Å². The summed E-state index contributed by atoms with van der Waals surface area (Å²) in [5.74, 6) is 0.0220. The molecule has 3 nitrogen and oxygen atoms in total. The minimum atomic E-state index is -0.0619. The molecule has 72 valence electrons. The van der Waals surface area contributed by atoms with Gasteiger partial charge in [0.1, 0.15) is 5.60 Å². The van der Waals surface area contributed by atoms with E-state index in [9.17, 15) is 4.79 Å². The molecular formula is C10H15NO2. The van der Waals surface area contributed by atoms with Crippen LogP contribution in [0.3, 0.4) is 0 Å². The van der Waals surface area contributed by atoms with Crippen LogP contribution in [0.5, 0.6) is 0 Å². The Bertz CT molecular complexity index is 253. The fraction of sp³-hybridized carbons (Fsp3) is 0.900. The first kappa shape index (κ1) is 7.80. The lowest BCUT2D eigenvalue weighted by Crippen LogP contribution is -2.40. The van der Waals surface area contributed by atoms with Gasteiger partial charge in [0.15, 0.2) is 0 Å². The van der Waals surface area contributed by atoms with Crippen molar-refractivity contribution in [2.24, 2.45) is 0 Å². The molecule has 3 aliphatic rings. The number of carbonyl (C=O) groups excluding carboxylic acids is 1. The number of ether oxygens (including phenoxy) is 1. The zero-order chi connectivity index (χ0) is 8.89. The Morgan fingerprint density at radius 1 is 1.38 bits per heavy atom. The third-order valence-corrected chi connectivity index (χ3v) is 3.86. The molecule has 1 spiro atoms. The van der Waals surface area contributed by atoms with Gasteiger partial charge in [-0.2, -0.15) is 0 Å². The first-order valence-electron chi connectivity index (χ1n) is 5.26. The molecule has 0 N–H and O–H groups in total. The second-order valence-corrected chi connectivity index (χ2v) is 4.48. The van der Waals surface area contributed by atoms with Gasteiger partial charge in [0.25, 0.3) is 0 Å². The molecule has 3 aliphatic heterocycles. The van der Waals surface area contributed by atoms with Gasteiger partial charge in [-0.3, -0.25) is 9.69 Å². The van der Waals surface area contributed by atoms with Gasteiger partial charge in [-0.05, 0) is 25.8 Å². The van der Waals surface area contributed by atoms with Crippen molar-refractivity contribution >= 4 is 5.97 Å². The normalized spacial score (nSPS) is 44.3. The molecule has 0 radical (unpaired) electrons. The van der Waals surface area contributed by atoms with E-state index >= 15 is 0 Å². The second kappa shape index (κ2) is 2.47. The van der Waals surface area contributed by atoms with E-state index in [-0.39, 0.29) is 11.6 Å². The highest BCUT2D eigenvalue weighted by Crippen LogP contribution is 2.44. The highest BCUT2D eigenvalue weighted by Gasteiger charge is 2.54. The summed E-state index contributed by atoms with van der Waals surface area (Å²) in [6.45, 7) is 2.35. The molecule has 2 atom stereocenters. The Morgan fingerprint density at radius 2 is 2.31 bits per heavy atom. The Morgan fingerprint density at radius 3 is 3.08 bits per heavy atom. The van der Waals surface area contributed by atoms with Gasteiger partial charge < -0.3 is 4.74 Å². The third-order valence-electron chi connectivity index (χ3n) is 3.86. The Hall–Kier alpha value is -0.570. The maximum absolute atomic E-state index is 11.2. The predicted octanol–water partition coefficient (Wildman–Crippen LogP) is 0.930. The highest BCUT2D eigenvalue weighted by atomic mass is 16.6. The SMILES string of the molecule is O=C1CCC2(CCN3CCCC32)O1. The van der Waals surface area contributed by atoms with Crippen molar-refractivity contribution in [3.8, 4) is 0 Å². The van der Waals surface area contributed by atoms with E-state index in [1.54, 1.807) is 0 Å². The van der Waals surface area contributed by atoms with E-state index in [1.807, 2.05) is 0 Å². The fourth-order valence-electron chi connectivity index (χ4n) is 3.24. The summed E-state index contributed by atoms with van der Waals surface area (Å²) in [7, 11) is 0. The minimum Gasteiger partial charge on any atom is -0.457 e. The Kier molecular flexibility index (Phi) is 1.48. The number of hydrogen-bond donors (Lipinski definition) is 0. The summed E-state index contributed by atoms with van der Waals surface area (Å²) in [5.41, 5.74) is -0.0619. The summed E-state index contributed by atoms with van der Waals surface area (Å²) in [4.78, 5) is 13.7. The molecule has 0 bridgehead atoms. The molecule has 2 unspecified atom stereocenters. The number of esters is 1. The van der Waals surface area contributed by atoms with E-state index in [1.165, 1.54) is 19.4 Å². The van der Waals surface area contributed by atoms with Crippen LogP contribution < -0.4 is 0 Å². The lowest BCUT2D eigenvalue weighted by molar-refractivity contribution is -0.149. The van der Waals surface area contributed by atoms with Crippen LogP contribution in [-0.2, 0) is 9.53 Å². The third kappa shape index (κ3) is 0.966. The molecule has 3 heterocycles. The van der Waals surface area contributed by atoms with Crippen LogP contribution in [0.15, 0.2) is 0 Å². The average molecular weight is 181 g/mol. The van der Waals surface area contributed by atoms with Gasteiger partial charge in [0, 0.05) is 25.4 Å². The van der Waals surface area contributed by atoms with E-state index in [0.29, 0.717) is 12.5 Å². The summed E-state index contributed by atoms with van der Waals surface area (Å²) >= 11 is 0. The molecule has 3 heteroatoms. The first-order valence-corrected chi connectivity index (χ1v) is 5.26. The molecule has 13 heavy (non-hydrogen) atoms. The predicted molar refractivity (Wildman–Crippen MR) is 47.3 cm³/mol. The van der Waals surface area contributed by atoms with Crippen LogP contribution in [0.25, 0.3) is 0 Å². The lowest BCUT2D eigenvalue weighted by atomic mass is 9.90. The topological polar surface area (TPSA) is 29.5 Å². The molecule has 0 aromatic heterocycles. The molecule has 0 amide bonds. The van der Waals surface area contributed by atoms with Crippen molar-refractivity contribution < 1.29 is 9.53 Å². The first-order chi connectivity index (χ1) is 6.30. The maximum Gasteiger partial charge on any atom is 0.306 e. The van der Waals surface area contributed by atoms with Gasteiger partial charge in [0.2, 0.25) is 0 Å². The Labute approximate surface area is 78.0 Å². The van der Waals surface area contributed by atoms with E-state index in [2.05, 4.69) is 4.90 Å². The van der Waals surface area contributed by atoms with Crippen LogP contribution >= 0.6 is 0 Å². The van der Waals surface area contributed by atoms with Gasteiger partial charge in [0.05, 0.1) is 0 Å². The van der Waals surface area contributed by atoms with Crippen molar-refractivity contribution in [2.45, 2.75) is 43.7 Å². The number of fused-ring (bicyclic) bond motifs is 2. The number of hydrogen-bond acceptors (Lipinski definition) is 3. The molecule has 0 aromatic carbocycles. The van der Waals surface area contributed by atoms with Gasteiger partial charge in [-0.25, -0.2) is 0 Å². The van der Waals surface area contributed by atoms with E-state index in [4.69, 9.17) is 4.74 Å². The molecular weight excluding hydrogens is 166 g/mol. The summed E-state index contributed by atoms with van der Waals surface area (Å²) < 4.78 is 5.54. The average Bonchev–Trinajstić information content (AvgIpc) is 2.72. The number of carbonyl (C=O) groups is 1. The van der Waals surface area contributed by atoms with Crippen LogP contribution in [-0.4, -0.2) is 35.6 Å². The summed E-state index contributed by atoms with van der Waals surface area (Å²) in [6.07, 6.45) is 5.19. The molecule has 3 fully saturated rings. The monoisotopic (exact) mass is 181 g/mol. The largest absolute Gasteiger partial charge is 0.457 e. The zero-order valence-electron chi connectivity index (χ0n) is 7.79. The summed E-state index contributed by atoms with van der Waals surface area (Å²) in [5, 5.41) is 0. The number of rotatable bonds is 0. The molecule has 0 aliphatic carbocycles. The van der Waals surface area contributed by atoms with Gasteiger partial charge >= 0.3 is 5.97 Å². The second-order valence-electron chi connectivity index (χ2n) is 4.48. The Balaban J connectivity index is 1.87. The maximum atomic E-state index is 11.2. The van der Waals surface area contributed by atoms with Crippen LogP contribution in [0.2, 0.25) is 0 Å². The quantitative estimate of drug-likeness (QED) is 0.521. The van der Waals surface area contributed by atoms with Crippen LogP contribution in [0, 0.1) is 0 Å². The molecule has 0 aromatic rings. The van der Waals surface area contributed by atoms with Crippen molar-refractivity contribution in [3.05, 3.63) is 0 Å². The van der Waals surface area contributed by atoms with Gasteiger partial charge in [-0.1, -0.05) is 0 Å². The fourth-order valence-corrected chi connectivity index (χ4v) is 3.24. The molecule has 3 rings (SSSR count). The van der Waals surface area contributed by atoms with Crippen molar-refractivity contribution in [1.29, 1.82) is 0 Å². The van der Waals surface area contributed by atoms with Crippen molar-refractivity contribution in [2.75, 3.05) is 13.1 Å². The zero-order valence-corrected chi connectivity index (χ0v) is 7.79. The lowest BCUT2D eigenvalue weighted by Gasteiger charge is -2.29. The van der Waals surface area contributed by atoms with Crippen molar-refractivity contribution in [3.63, 3.8) is 0 Å². The van der Waals surface area contributed by atoms with Crippen molar-refractivity contribution in [1.82, 2.24) is 4.90 Å². The minimum absolute atomic E-state index is 0.0220. The summed E-state index contributed by atoms with van der Waals surface area (Å²) in [6, 6.07) is 0.555.